The van der Waals surface area contributed by atoms with Crippen LogP contribution in [0.1, 0.15) is 5.69 Å². The molecule has 1 aromatic rings. The average Bonchev–Trinajstić information content (AvgIpc) is 2.29. The first kappa shape index (κ1) is 14.0. The van der Waals surface area contributed by atoms with Gasteiger partial charge in [-0.1, -0.05) is 5.92 Å². The zero-order chi connectivity index (χ0) is 13.6. The fourth-order valence-electron chi connectivity index (χ4n) is 1.09. The summed E-state index contributed by atoms with van der Waals surface area (Å²) in [5.41, 5.74) is -0.818. The second kappa shape index (κ2) is 6.02. The Kier molecular flexibility index (Phi) is 4.68. The molecular weight excluding hydrogens is 247 g/mol. The number of carbonyl (C=O) groups is 1. The minimum absolute atomic E-state index is 0.0226. The molecule has 0 saturated heterocycles. The molecule has 0 aromatic carbocycles. The highest BCUT2D eigenvalue weighted by Gasteiger charge is 2.32. The molecule has 0 atom stereocenters. The molecule has 1 aromatic heterocycles. The van der Waals surface area contributed by atoms with E-state index in [2.05, 4.69) is 21.5 Å². The van der Waals surface area contributed by atoms with E-state index in [1.54, 1.807) is 0 Å². The van der Waals surface area contributed by atoms with Gasteiger partial charge >= 0.3 is 6.18 Å². The molecule has 96 valence electrons. The van der Waals surface area contributed by atoms with Gasteiger partial charge in [-0.2, -0.15) is 13.2 Å². The number of anilines is 1. The summed E-state index contributed by atoms with van der Waals surface area (Å²) >= 11 is 0. The second-order valence-corrected chi connectivity index (χ2v) is 3.29. The molecule has 1 amide bonds. The maximum absolute atomic E-state index is 12.2. The van der Waals surface area contributed by atoms with E-state index in [0.29, 0.717) is 0 Å². The van der Waals surface area contributed by atoms with Crippen LogP contribution in [0.5, 0.6) is 0 Å². The first-order chi connectivity index (χ1) is 8.43. The Morgan fingerprint density at radius 2 is 2.17 bits per heavy atom. The smallest absolute Gasteiger partial charge is 0.324 e. The van der Waals surface area contributed by atoms with Crippen molar-refractivity contribution in [1.29, 1.82) is 0 Å². The minimum atomic E-state index is -4.49. The van der Waals surface area contributed by atoms with Crippen LogP contribution >= 0.6 is 0 Å². The van der Waals surface area contributed by atoms with Crippen LogP contribution in [0, 0.1) is 12.3 Å². The number of nitrogens with zero attached hydrogens (tertiary/aromatic N) is 1. The van der Waals surface area contributed by atoms with Crippen molar-refractivity contribution < 1.29 is 18.0 Å². The molecule has 18 heavy (non-hydrogen) atoms. The lowest BCUT2D eigenvalue weighted by molar-refractivity contribution is -0.141. The number of terminal acetylenes is 1. The summed E-state index contributed by atoms with van der Waals surface area (Å²) in [4.78, 5) is 14.5. The van der Waals surface area contributed by atoms with Gasteiger partial charge in [-0.05, 0) is 12.1 Å². The van der Waals surface area contributed by atoms with Gasteiger partial charge < -0.3 is 5.32 Å². The third-order valence-corrected chi connectivity index (χ3v) is 1.85. The van der Waals surface area contributed by atoms with Gasteiger partial charge in [0.2, 0.25) is 5.91 Å². The summed E-state index contributed by atoms with van der Waals surface area (Å²) in [6.07, 6.45) is 1.42. The number of pyridine rings is 1. The first-order valence-corrected chi connectivity index (χ1v) is 4.91. The molecule has 1 heterocycles. The summed E-state index contributed by atoms with van der Waals surface area (Å²) in [5, 5.41) is 5.02. The Labute approximate surface area is 102 Å². The molecule has 0 spiro atoms. The van der Waals surface area contributed by atoms with Crippen molar-refractivity contribution in [1.82, 2.24) is 10.3 Å². The molecule has 0 aliphatic carbocycles. The lowest BCUT2D eigenvalue weighted by Crippen LogP contribution is -2.28. The lowest BCUT2D eigenvalue weighted by Gasteiger charge is -2.07. The quantitative estimate of drug-likeness (QED) is 0.630. The van der Waals surface area contributed by atoms with Gasteiger partial charge in [0.25, 0.3) is 0 Å². The van der Waals surface area contributed by atoms with Crippen LogP contribution in [0.15, 0.2) is 18.3 Å². The number of halogens is 3. The van der Waals surface area contributed by atoms with Crippen LogP contribution in [-0.2, 0) is 11.0 Å². The molecule has 4 nitrogen and oxygen atoms in total. The SMILES string of the molecule is C#CCNCC(=O)Nc1ccc(C(F)(F)F)nc1. The van der Waals surface area contributed by atoms with E-state index in [0.717, 1.165) is 18.3 Å². The summed E-state index contributed by atoms with van der Waals surface area (Å²) in [6, 6.07) is 1.93. The van der Waals surface area contributed by atoms with E-state index < -0.39 is 17.8 Å². The Hall–Kier alpha value is -2.07. The zero-order valence-corrected chi connectivity index (χ0v) is 9.21. The van der Waals surface area contributed by atoms with E-state index in [1.165, 1.54) is 0 Å². The predicted octanol–water partition coefficient (Wildman–Crippen LogP) is 1.26. The molecule has 0 unspecified atom stereocenters. The standard InChI is InChI=1S/C11H10F3N3O/c1-2-5-15-7-10(18)17-8-3-4-9(16-6-8)11(12,13)14/h1,3-4,6,15H,5,7H2,(H,17,18). The molecule has 0 aliphatic rings. The molecule has 0 bridgehead atoms. The van der Waals surface area contributed by atoms with E-state index in [4.69, 9.17) is 6.42 Å². The highest BCUT2D eigenvalue weighted by molar-refractivity contribution is 5.92. The summed E-state index contributed by atoms with van der Waals surface area (Å²) in [5.74, 6) is 1.87. The van der Waals surface area contributed by atoms with Crippen LogP contribution in [0.25, 0.3) is 0 Å². The van der Waals surface area contributed by atoms with Gasteiger partial charge in [-0.15, -0.1) is 6.42 Å². The van der Waals surface area contributed by atoms with Gasteiger partial charge in [0.15, 0.2) is 0 Å². The van der Waals surface area contributed by atoms with Crippen molar-refractivity contribution in [2.75, 3.05) is 18.4 Å². The number of carbonyl (C=O) groups excluding carboxylic acids is 1. The molecule has 1 rings (SSSR count). The molecule has 0 aliphatic heterocycles. The van der Waals surface area contributed by atoms with E-state index in [-0.39, 0.29) is 18.8 Å². The Bertz CT molecular complexity index is 448. The normalized spacial score (nSPS) is 10.8. The molecular formula is C11H10F3N3O. The molecule has 0 saturated carbocycles. The van der Waals surface area contributed by atoms with Crippen LogP contribution in [-0.4, -0.2) is 24.0 Å². The largest absolute Gasteiger partial charge is 0.433 e. The van der Waals surface area contributed by atoms with Crippen LogP contribution in [0.3, 0.4) is 0 Å². The number of amides is 1. The summed E-state index contributed by atoms with van der Waals surface area (Å²) in [7, 11) is 0. The lowest BCUT2D eigenvalue weighted by atomic mass is 10.3. The van der Waals surface area contributed by atoms with E-state index in [9.17, 15) is 18.0 Å². The monoisotopic (exact) mass is 257 g/mol. The van der Waals surface area contributed by atoms with Crippen molar-refractivity contribution in [3.63, 3.8) is 0 Å². The average molecular weight is 257 g/mol. The number of hydrogen-bond acceptors (Lipinski definition) is 3. The number of rotatable bonds is 4. The van der Waals surface area contributed by atoms with Crippen molar-refractivity contribution in [3.05, 3.63) is 24.0 Å². The topological polar surface area (TPSA) is 54.0 Å². The van der Waals surface area contributed by atoms with Gasteiger partial charge in [0.1, 0.15) is 5.69 Å². The number of nitrogens with one attached hydrogen (secondary N) is 2. The maximum atomic E-state index is 12.2. The maximum Gasteiger partial charge on any atom is 0.433 e. The third kappa shape index (κ3) is 4.43. The fourth-order valence-corrected chi connectivity index (χ4v) is 1.09. The van der Waals surface area contributed by atoms with Crippen molar-refractivity contribution in [3.8, 4) is 12.3 Å². The van der Waals surface area contributed by atoms with E-state index >= 15 is 0 Å². The van der Waals surface area contributed by atoms with Crippen molar-refractivity contribution in [2.24, 2.45) is 0 Å². The fraction of sp³-hybridized carbons (Fsp3) is 0.273. The van der Waals surface area contributed by atoms with Gasteiger partial charge in [-0.3, -0.25) is 10.1 Å². The summed E-state index contributed by atoms with van der Waals surface area (Å²) < 4.78 is 36.6. The van der Waals surface area contributed by atoms with Crippen LogP contribution in [0.2, 0.25) is 0 Å². The highest BCUT2D eigenvalue weighted by Crippen LogP contribution is 2.27. The Morgan fingerprint density at radius 3 is 2.67 bits per heavy atom. The van der Waals surface area contributed by atoms with Gasteiger partial charge in [-0.25, -0.2) is 4.98 Å². The van der Waals surface area contributed by atoms with Crippen molar-refractivity contribution >= 4 is 11.6 Å². The number of hydrogen-bond donors (Lipinski definition) is 2. The predicted molar refractivity (Wildman–Crippen MR) is 59.6 cm³/mol. The second-order valence-electron chi connectivity index (χ2n) is 3.29. The zero-order valence-electron chi connectivity index (χ0n) is 9.21. The Morgan fingerprint density at radius 1 is 1.44 bits per heavy atom. The van der Waals surface area contributed by atoms with Gasteiger partial charge in [0, 0.05) is 0 Å². The molecule has 0 radical (unpaired) electrons. The Balaban J connectivity index is 2.54. The van der Waals surface area contributed by atoms with Crippen LogP contribution in [0.4, 0.5) is 18.9 Å². The van der Waals surface area contributed by atoms with Gasteiger partial charge in [0.05, 0.1) is 25.0 Å². The molecule has 2 N–H and O–H groups in total. The van der Waals surface area contributed by atoms with Crippen LogP contribution < -0.4 is 10.6 Å². The number of aromatic nitrogens is 1. The highest BCUT2D eigenvalue weighted by atomic mass is 19.4. The summed E-state index contributed by atoms with van der Waals surface area (Å²) in [6.45, 7) is 0.212. The molecule has 0 fully saturated rings. The van der Waals surface area contributed by atoms with E-state index in [1.807, 2.05) is 0 Å². The number of alkyl halides is 3. The molecule has 7 heteroatoms. The minimum Gasteiger partial charge on any atom is -0.324 e. The first-order valence-electron chi connectivity index (χ1n) is 4.91. The van der Waals surface area contributed by atoms with Crippen molar-refractivity contribution in [2.45, 2.75) is 6.18 Å². The third-order valence-electron chi connectivity index (χ3n) is 1.85.